The maximum Gasteiger partial charge on any atom is 0.254 e. The SMILES string of the molecule is CCCCc1ccc2c(c1)[C@@H](NC(C)=O)C(=O)N2Cc1ccc(OCCC(C)C)cc1. The molecule has 2 aromatic rings. The maximum absolute atomic E-state index is 13.2. The van der Waals surface area contributed by atoms with Crippen LogP contribution in [0, 0.1) is 5.92 Å². The van der Waals surface area contributed by atoms with E-state index in [1.165, 1.54) is 12.5 Å². The summed E-state index contributed by atoms with van der Waals surface area (Å²) >= 11 is 0. The highest BCUT2D eigenvalue weighted by molar-refractivity contribution is 6.06. The first-order chi connectivity index (χ1) is 14.9. The summed E-state index contributed by atoms with van der Waals surface area (Å²) in [5.41, 5.74) is 3.99. The van der Waals surface area contributed by atoms with Crippen molar-refractivity contribution in [3.63, 3.8) is 0 Å². The molecule has 1 atom stereocenters. The van der Waals surface area contributed by atoms with Crippen LogP contribution in [-0.4, -0.2) is 18.4 Å². The van der Waals surface area contributed by atoms with Gasteiger partial charge >= 0.3 is 0 Å². The van der Waals surface area contributed by atoms with Crippen LogP contribution >= 0.6 is 0 Å². The molecule has 0 spiro atoms. The molecule has 0 bridgehead atoms. The van der Waals surface area contributed by atoms with Gasteiger partial charge in [-0.15, -0.1) is 0 Å². The third kappa shape index (κ3) is 5.87. The zero-order valence-corrected chi connectivity index (χ0v) is 19.1. The second-order valence-corrected chi connectivity index (χ2v) is 8.73. The van der Waals surface area contributed by atoms with Crippen molar-refractivity contribution in [3.05, 3.63) is 59.2 Å². The number of unbranched alkanes of at least 4 members (excludes halogenated alkanes) is 1. The van der Waals surface area contributed by atoms with Crippen molar-refractivity contribution in [2.75, 3.05) is 11.5 Å². The van der Waals surface area contributed by atoms with Gasteiger partial charge < -0.3 is 15.0 Å². The van der Waals surface area contributed by atoms with Gasteiger partial charge in [-0.1, -0.05) is 51.5 Å². The van der Waals surface area contributed by atoms with Gasteiger partial charge in [-0.25, -0.2) is 0 Å². The molecule has 5 heteroatoms. The Morgan fingerprint density at radius 1 is 1.13 bits per heavy atom. The molecule has 2 aromatic carbocycles. The van der Waals surface area contributed by atoms with Crippen molar-refractivity contribution in [1.29, 1.82) is 0 Å². The van der Waals surface area contributed by atoms with Gasteiger partial charge in [0.15, 0.2) is 0 Å². The molecule has 0 fully saturated rings. The molecule has 166 valence electrons. The van der Waals surface area contributed by atoms with Crippen molar-refractivity contribution in [2.45, 2.75) is 66.0 Å². The molecular formula is C26H34N2O3. The van der Waals surface area contributed by atoms with E-state index in [1.54, 1.807) is 4.90 Å². The number of rotatable bonds is 10. The minimum absolute atomic E-state index is 0.0879. The van der Waals surface area contributed by atoms with Crippen LogP contribution in [0.15, 0.2) is 42.5 Å². The smallest absolute Gasteiger partial charge is 0.254 e. The molecule has 0 aromatic heterocycles. The van der Waals surface area contributed by atoms with Gasteiger partial charge in [0.2, 0.25) is 5.91 Å². The number of aryl methyl sites for hydroxylation is 1. The lowest BCUT2D eigenvalue weighted by atomic mass is 10.0. The first-order valence-corrected chi connectivity index (χ1v) is 11.3. The van der Waals surface area contributed by atoms with Crippen LogP contribution in [0.4, 0.5) is 5.69 Å². The summed E-state index contributed by atoms with van der Waals surface area (Å²) in [6.07, 6.45) is 4.22. The van der Waals surface area contributed by atoms with Crippen molar-refractivity contribution >= 4 is 17.5 Å². The third-order valence-corrected chi connectivity index (χ3v) is 5.60. The summed E-state index contributed by atoms with van der Waals surface area (Å²) in [5.74, 6) is 1.16. The first-order valence-electron chi connectivity index (χ1n) is 11.3. The number of amides is 2. The van der Waals surface area contributed by atoms with Crippen LogP contribution < -0.4 is 15.0 Å². The molecule has 0 saturated heterocycles. The monoisotopic (exact) mass is 422 g/mol. The fourth-order valence-corrected chi connectivity index (χ4v) is 3.82. The Balaban J connectivity index is 1.77. The highest BCUT2D eigenvalue weighted by Crippen LogP contribution is 2.38. The minimum atomic E-state index is -0.618. The van der Waals surface area contributed by atoms with E-state index in [0.29, 0.717) is 19.1 Å². The van der Waals surface area contributed by atoms with E-state index in [2.05, 4.69) is 38.2 Å². The van der Waals surface area contributed by atoms with Crippen molar-refractivity contribution < 1.29 is 14.3 Å². The third-order valence-electron chi connectivity index (χ3n) is 5.60. The Labute approximate surface area is 185 Å². The van der Waals surface area contributed by atoms with Crippen LogP contribution in [-0.2, 0) is 22.6 Å². The number of carbonyl (C=O) groups excluding carboxylic acids is 2. The van der Waals surface area contributed by atoms with Crippen molar-refractivity contribution in [1.82, 2.24) is 5.32 Å². The van der Waals surface area contributed by atoms with Crippen molar-refractivity contribution in [2.24, 2.45) is 5.92 Å². The average Bonchev–Trinajstić information content (AvgIpc) is 2.98. The predicted octanol–water partition coefficient (Wildman–Crippen LogP) is 5.18. The van der Waals surface area contributed by atoms with Gasteiger partial charge in [-0.05, 0) is 54.5 Å². The standard InChI is InChI=1S/C26H34N2O3/c1-5-6-7-20-10-13-24-23(16-20)25(27-19(4)29)26(30)28(24)17-21-8-11-22(12-9-21)31-15-14-18(2)3/h8-13,16,18,25H,5-7,14-15,17H2,1-4H3,(H,27,29)/t25-/m1/s1. The lowest BCUT2D eigenvalue weighted by Crippen LogP contribution is -2.36. The van der Waals surface area contributed by atoms with E-state index in [4.69, 9.17) is 4.74 Å². The summed E-state index contributed by atoms with van der Waals surface area (Å²) in [6.45, 7) is 9.14. The predicted molar refractivity (Wildman–Crippen MR) is 124 cm³/mol. The number of benzene rings is 2. The van der Waals surface area contributed by atoms with Crippen molar-refractivity contribution in [3.8, 4) is 5.75 Å². The fraction of sp³-hybridized carbons (Fsp3) is 0.462. The number of anilines is 1. The fourth-order valence-electron chi connectivity index (χ4n) is 3.82. The second-order valence-electron chi connectivity index (χ2n) is 8.73. The van der Waals surface area contributed by atoms with E-state index >= 15 is 0 Å². The molecule has 2 amide bonds. The van der Waals surface area contributed by atoms with Crippen LogP contribution in [0.2, 0.25) is 0 Å². The van der Waals surface area contributed by atoms with Gasteiger partial charge in [-0.2, -0.15) is 0 Å². The van der Waals surface area contributed by atoms with E-state index < -0.39 is 6.04 Å². The molecule has 0 unspecified atom stereocenters. The largest absolute Gasteiger partial charge is 0.494 e. The summed E-state index contributed by atoms with van der Waals surface area (Å²) < 4.78 is 5.80. The number of carbonyl (C=O) groups is 2. The highest BCUT2D eigenvalue weighted by atomic mass is 16.5. The number of hydrogen-bond donors (Lipinski definition) is 1. The Morgan fingerprint density at radius 2 is 1.84 bits per heavy atom. The number of nitrogens with one attached hydrogen (secondary N) is 1. The van der Waals surface area contributed by atoms with E-state index in [1.807, 2.05) is 30.3 Å². The summed E-state index contributed by atoms with van der Waals surface area (Å²) in [7, 11) is 0. The van der Waals surface area contributed by atoms with Crippen LogP contribution in [0.5, 0.6) is 5.75 Å². The molecular weight excluding hydrogens is 388 g/mol. The van der Waals surface area contributed by atoms with Crippen LogP contribution in [0.1, 0.15) is 69.7 Å². The van der Waals surface area contributed by atoms with Gasteiger partial charge in [0.05, 0.1) is 13.2 Å². The van der Waals surface area contributed by atoms with E-state index in [-0.39, 0.29) is 11.8 Å². The molecule has 1 aliphatic rings. The summed E-state index contributed by atoms with van der Waals surface area (Å²) in [6, 6.07) is 13.5. The Kier molecular flexibility index (Phi) is 7.72. The van der Waals surface area contributed by atoms with Gasteiger partial charge in [-0.3, -0.25) is 9.59 Å². The molecule has 5 nitrogen and oxygen atoms in total. The number of hydrogen-bond acceptors (Lipinski definition) is 3. The number of nitrogens with zero attached hydrogens (tertiary/aromatic N) is 1. The molecule has 31 heavy (non-hydrogen) atoms. The second kappa shape index (κ2) is 10.5. The molecule has 1 N–H and O–H groups in total. The zero-order valence-electron chi connectivity index (χ0n) is 19.1. The number of fused-ring (bicyclic) bond motifs is 1. The minimum Gasteiger partial charge on any atom is -0.494 e. The van der Waals surface area contributed by atoms with Crippen LogP contribution in [0.3, 0.4) is 0 Å². The zero-order chi connectivity index (χ0) is 22.4. The Bertz CT molecular complexity index is 905. The lowest BCUT2D eigenvalue weighted by molar-refractivity contribution is -0.126. The van der Waals surface area contributed by atoms with Crippen LogP contribution in [0.25, 0.3) is 0 Å². The molecule has 0 aliphatic carbocycles. The quantitative estimate of drug-likeness (QED) is 0.574. The van der Waals surface area contributed by atoms with E-state index in [9.17, 15) is 9.59 Å². The molecule has 3 rings (SSSR count). The molecule has 0 saturated carbocycles. The molecule has 1 heterocycles. The molecule has 1 aliphatic heterocycles. The summed E-state index contributed by atoms with van der Waals surface area (Å²) in [4.78, 5) is 26.7. The molecule has 0 radical (unpaired) electrons. The van der Waals surface area contributed by atoms with E-state index in [0.717, 1.165) is 48.2 Å². The maximum atomic E-state index is 13.2. The summed E-state index contributed by atoms with van der Waals surface area (Å²) in [5, 5.41) is 2.84. The Morgan fingerprint density at radius 3 is 2.48 bits per heavy atom. The normalized spacial score (nSPS) is 15.3. The first kappa shape index (κ1) is 22.9. The number of ether oxygens (including phenoxy) is 1. The highest BCUT2D eigenvalue weighted by Gasteiger charge is 2.37. The average molecular weight is 423 g/mol. The van der Waals surface area contributed by atoms with Gasteiger partial charge in [0, 0.05) is 18.2 Å². The Hall–Kier alpha value is -2.82. The van der Waals surface area contributed by atoms with Gasteiger partial charge in [0.25, 0.3) is 5.91 Å². The van der Waals surface area contributed by atoms with Gasteiger partial charge in [0.1, 0.15) is 11.8 Å². The lowest BCUT2D eigenvalue weighted by Gasteiger charge is -2.19. The topological polar surface area (TPSA) is 58.6 Å².